The van der Waals surface area contributed by atoms with Crippen molar-refractivity contribution < 1.29 is 9.53 Å². The average molecular weight is 350 g/mol. The summed E-state index contributed by atoms with van der Waals surface area (Å²) in [6, 6.07) is 5.01. The molecule has 1 aliphatic rings. The van der Waals surface area contributed by atoms with Crippen molar-refractivity contribution in [1.82, 2.24) is 20.1 Å². The number of carbonyl (C=O) groups is 1. The van der Waals surface area contributed by atoms with E-state index in [9.17, 15) is 4.79 Å². The lowest BCUT2D eigenvalue weighted by Gasteiger charge is -2.21. The van der Waals surface area contributed by atoms with Gasteiger partial charge in [0, 0.05) is 25.4 Å². The molecule has 0 saturated carbocycles. The summed E-state index contributed by atoms with van der Waals surface area (Å²) in [5.74, 6) is 0.537. The van der Waals surface area contributed by atoms with Crippen molar-refractivity contribution in [2.75, 3.05) is 25.1 Å². The molecule has 2 amide bonds. The number of anilines is 1. The molecule has 7 nitrogen and oxygen atoms in total. The number of hydrogen-bond acceptors (Lipinski definition) is 4. The number of urea groups is 1. The van der Waals surface area contributed by atoms with Gasteiger partial charge in [-0.05, 0) is 43.4 Å². The van der Waals surface area contributed by atoms with Crippen molar-refractivity contribution in [3.05, 3.63) is 35.9 Å². The molecular weight excluding hydrogens is 330 g/mol. The van der Waals surface area contributed by atoms with Crippen molar-refractivity contribution in [2.24, 2.45) is 5.92 Å². The highest BCUT2D eigenvalue weighted by Gasteiger charge is 2.14. The number of halogens is 1. The lowest BCUT2D eigenvalue weighted by Crippen LogP contribution is -2.31. The monoisotopic (exact) mass is 349 g/mol. The second-order valence-corrected chi connectivity index (χ2v) is 6.17. The Labute approximate surface area is 145 Å². The number of rotatable bonds is 5. The van der Waals surface area contributed by atoms with Crippen molar-refractivity contribution in [3.63, 3.8) is 0 Å². The van der Waals surface area contributed by atoms with Gasteiger partial charge < -0.3 is 15.4 Å². The van der Waals surface area contributed by atoms with Gasteiger partial charge in [0.2, 0.25) is 0 Å². The Balaban J connectivity index is 1.48. The highest BCUT2D eigenvalue weighted by molar-refractivity contribution is 6.32. The van der Waals surface area contributed by atoms with E-state index in [1.165, 1.54) is 12.7 Å². The van der Waals surface area contributed by atoms with Crippen molar-refractivity contribution in [3.8, 4) is 5.69 Å². The molecule has 1 fully saturated rings. The van der Waals surface area contributed by atoms with Crippen LogP contribution in [0.4, 0.5) is 10.5 Å². The first kappa shape index (κ1) is 16.7. The molecule has 0 unspecified atom stereocenters. The molecule has 0 aliphatic carbocycles. The second kappa shape index (κ2) is 8.12. The largest absolute Gasteiger partial charge is 0.381 e. The summed E-state index contributed by atoms with van der Waals surface area (Å²) in [5.41, 5.74) is 1.33. The van der Waals surface area contributed by atoms with Gasteiger partial charge in [-0.3, -0.25) is 0 Å². The molecule has 3 rings (SSSR count). The minimum Gasteiger partial charge on any atom is -0.381 e. The van der Waals surface area contributed by atoms with Crippen molar-refractivity contribution >= 4 is 23.3 Å². The molecule has 2 aromatic rings. The number of carbonyl (C=O) groups excluding carboxylic acids is 1. The zero-order valence-corrected chi connectivity index (χ0v) is 14.0. The Morgan fingerprint density at radius 2 is 2.38 bits per heavy atom. The summed E-state index contributed by atoms with van der Waals surface area (Å²) in [7, 11) is 0. The minimum absolute atomic E-state index is 0.240. The van der Waals surface area contributed by atoms with E-state index < -0.39 is 0 Å². The predicted octanol–water partition coefficient (Wildman–Crippen LogP) is 2.86. The van der Waals surface area contributed by atoms with Gasteiger partial charge in [-0.2, -0.15) is 5.10 Å². The van der Waals surface area contributed by atoms with Crippen LogP contribution >= 0.6 is 11.6 Å². The quantitative estimate of drug-likeness (QED) is 0.869. The zero-order valence-electron chi connectivity index (χ0n) is 13.2. The van der Waals surface area contributed by atoms with E-state index in [2.05, 4.69) is 20.7 Å². The number of nitrogens with one attached hydrogen (secondary N) is 2. The predicted molar refractivity (Wildman–Crippen MR) is 91.6 cm³/mol. The van der Waals surface area contributed by atoms with E-state index in [0.717, 1.165) is 26.1 Å². The third-order valence-electron chi connectivity index (χ3n) is 3.96. The van der Waals surface area contributed by atoms with Crippen LogP contribution < -0.4 is 10.6 Å². The van der Waals surface area contributed by atoms with E-state index >= 15 is 0 Å². The normalized spacial score (nSPS) is 17.5. The Kier molecular flexibility index (Phi) is 5.66. The van der Waals surface area contributed by atoms with Crippen LogP contribution in [0.2, 0.25) is 5.02 Å². The van der Waals surface area contributed by atoms with E-state index in [1.807, 2.05) is 0 Å². The van der Waals surface area contributed by atoms with Crippen LogP contribution in [0.5, 0.6) is 0 Å². The maximum absolute atomic E-state index is 12.0. The third-order valence-corrected chi connectivity index (χ3v) is 4.27. The van der Waals surface area contributed by atoms with Crippen LogP contribution in [-0.2, 0) is 4.74 Å². The van der Waals surface area contributed by atoms with Crippen LogP contribution in [0.3, 0.4) is 0 Å². The molecule has 1 aliphatic heterocycles. The molecule has 0 radical (unpaired) electrons. The lowest BCUT2D eigenvalue weighted by molar-refractivity contribution is 0.0520. The van der Waals surface area contributed by atoms with E-state index in [4.69, 9.17) is 16.3 Å². The molecule has 1 atom stereocenters. The van der Waals surface area contributed by atoms with E-state index in [1.54, 1.807) is 29.2 Å². The number of hydrogen-bond donors (Lipinski definition) is 2. The molecule has 1 aromatic carbocycles. The third kappa shape index (κ3) is 4.46. The zero-order chi connectivity index (χ0) is 16.8. The molecule has 2 heterocycles. The maximum atomic E-state index is 12.0. The fourth-order valence-corrected chi connectivity index (χ4v) is 2.97. The number of nitrogens with zero attached hydrogens (tertiary/aromatic N) is 3. The molecule has 0 spiro atoms. The van der Waals surface area contributed by atoms with Crippen LogP contribution in [0, 0.1) is 5.92 Å². The fraction of sp³-hybridized carbons (Fsp3) is 0.438. The van der Waals surface area contributed by atoms with Gasteiger partial charge in [0.25, 0.3) is 0 Å². The van der Waals surface area contributed by atoms with Crippen LogP contribution in [0.25, 0.3) is 5.69 Å². The Bertz CT molecular complexity index is 671. The summed E-state index contributed by atoms with van der Waals surface area (Å²) in [4.78, 5) is 15.8. The fourth-order valence-electron chi connectivity index (χ4n) is 2.70. The summed E-state index contributed by atoms with van der Waals surface area (Å²) < 4.78 is 7.00. The highest BCUT2D eigenvalue weighted by atomic mass is 35.5. The Morgan fingerprint density at radius 3 is 3.08 bits per heavy atom. The van der Waals surface area contributed by atoms with Gasteiger partial charge in [0.1, 0.15) is 12.7 Å². The topological polar surface area (TPSA) is 81.1 Å². The second-order valence-electron chi connectivity index (χ2n) is 5.76. The van der Waals surface area contributed by atoms with Gasteiger partial charge in [0.15, 0.2) is 0 Å². The SMILES string of the molecule is O=C(NCC[C@@H]1CCCOC1)Nc1ccc(-n2cncn2)c(Cl)c1. The van der Waals surface area contributed by atoms with Gasteiger partial charge >= 0.3 is 6.03 Å². The van der Waals surface area contributed by atoms with E-state index in [0.29, 0.717) is 28.9 Å². The summed E-state index contributed by atoms with van der Waals surface area (Å²) in [6.45, 7) is 2.28. The molecule has 0 bridgehead atoms. The minimum atomic E-state index is -0.240. The Hall–Kier alpha value is -2.12. The molecule has 8 heteroatoms. The lowest BCUT2D eigenvalue weighted by atomic mass is 9.99. The smallest absolute Gasteiger partial charge is 0.319 e. The number of aromatic nitrogens is 3. The molecule has 1 saturated heterocycles. The van der Waals surface area contributed by atoms with Crippen LogP contribution in [-0.4, -0.2) is 40.6 Å². The first-order chi connectivity index (χ1) is 11.7. The van der Waals surface area contributed by atoms with E-state index in [-0.39, 0.29) is 6.03 Å². The Morgan fingerprint density at radius 1 is 1.46 bits per heavy atom. The first-order valence-corrected chi connectivity index (χ1v) is 8.37. The summed E-state index contributed by atoms with van der Waals surface area (Å²) >= 11 is 6.24. The maximum Gasteiger partial charge on any atom is 0.319 e. The van der Waals surface area contributed by atoms with Crippen LogP contribution in [0.1, 0.15) is 19.3 Å². The number of ether oxygens (including phenoxy) is 1. The summed E-state index contributed by atoms with van der Waals surface area (Å²) in [6.07, 6.45) is 6.21. The van der Waals surface area contributed by atoms with Gasteiger partial charge in [-0.15, -0.1) is 0 Å². The molecule has 2 N–H and O–H groups in total. The highest BCUT2D eigenvalue weighted by Crippen LogP contribution is 2.23. The molecular formula is C16H20ClN5O2. The molecule has 1 aromatic heterocycles. The van der Waals surface area contributed by atoms with Gasteiger partial charge in [0.05, 0.1) is 10.7 Å². The van der Waals surface area contributed by atoms with Crippen molar-refractivity contribution in [1.29, 1.82) is 0 Å². The molecule has 24 heavy (non-hydrogen) atoms. The van der Waals surface area contributed by atoms with Crippen LogP contribution in [0.15, 0.2) is 30.9 Å². The van der Waals surface area contributed by atoms with Gasteiger partial charge in [-0.25, -0.2) is 14.5 Å². The number of benzene rings is 1. The molecule has 128 valence electrons. The number of amides is 2. The van der Waals surface area contributed by atoms with Crippen molar-refractivity contribution in [2.45, 2.75) is 19.3 Å². The standard InChI is InChI=1S/C16H20ClN5O2/c17-14-8-13(3-4-15(14)22-11-18-10-20-22)21-16(23)19-6-5-12-2-1-7-24-9-12/h3-4,8,10-12H,1-2,5-7,9H2,(H2,19,21,23)/t12-/m0/s1. The van der Waals surface area contributed by atoms with Gasteiger partial charge in [-0.1, -0.05) is 11.6 Å². The summed E-state index contributed by atoms with van der Waals surface area (Å²) in [5, 5.41) is 10.2. The average Bonchev–Trinajstić information content (AvgIpc) is 3.10. The first-order valence-electron chi connectivity index (χ1n) is 7.99.